The van der Waals surface area contributed by atoms with E-state index in [1.807, 2.05) is 18.2 Å². The van der Waals surface area contributed by atoms with Gasteiger partial charge in [-0.05, 0) is 61.8 Å². The molecular weight excluding hydrogens is 450 g/mol. The van der Waals surface area contributed by atoms with Crippen molar-refractivity contribution >= 4 is 40.6 Å². The van der Waals surface area contributed by atoms with Crippen LogP contribution in [0.1, 0.15) is 24.6 Å². The molecule has 1 aromatic heterocycles. The van der Waals surface area contributed by atoms with Crippen LogP contribution in [0.5, 0.6) is 0 Å². The van der Waals surface area contributed by atoms with Crippen LogP contribution >= 0.6 is 24.0 Å². The van der Waals surface area contributed by atoms with Gasteiger partial charge < -0.3 is 9.84 Å². The van der Waals surface area contributed by atoms with Crippen LogP contribution in [0.15, 0.2) is 59.3 Å². The van der Waals surface area contributed by atoms with Crippen molar-refractivity contribution in [3.05, 3.63) is 80.6 Å². The van der Waals surface area contributed by atoms with Crippen molar-refractivity contribution in [2.75, 3.05) is 0 Å². The number of nitro groups is 1. The van der Waals surface area contributed by atoms with Gasteiger partial charge in [-0.2, -0.15) is 0 Å². The summed E-state index contributed by atoms with van der Waals surface area (Å²) in [6.07, 6.45) is 2.32. The summed E-state index contributed by atoms with van der Waals surface area (Å²) in [5.41, 5.74) is 2.24. The van der Waals surface area contributed by atoms with Crippen LogP contribution in [0.4, 0.5) is 5.69 Å². The molecule has 32 heavy (non-hydrogen) atoms. The molecule has 1 N–H and O–H groups in total. The number of thioether (sulfide) groups is 1. The Hall–Kier alpha value is -2.82. The Labute approximate surface area is 194 Å². The van der Waals surface area contributed by atoms with Crippen LogP contribution in [0, 0.1) is 16.0 Å². The van der Waals surface area contributed by atoms with Gasteiger partial charge in [-0.1, -0.05) is 6.07 Å². The van der Waals surface area contributed by atoms with Crippen LogP contribution < -0.4 is 0 Å². The molecule has 3 atom stereocenters. The number of benzene rings is 1. The second-order valence-corrected chi connectivity index (χ2v) is 9.16. The highest BCUT2D eigenvalue weighted by atomic mass is 32.2. The number of carbonyl (C=O) groups is 1. The van der Waals surface area contributed by atoms with Crippen LogP contribution in [0.25, 0.3) is 0 Å². The number of thiocarbonyl (C=S) groups is 1. The number of hydrogen-bond donors (Lipinski definition) is 1. The van der Waals surface area contributed by atoms with E-state index in [1.54, 1.807) is 30.2 Å². The monoisotopic (exact) mass is 471 g/mol. The fraction of sp³-hybridized carbons (Fsp3) is 0.318. The quantitative estimate of drug-likeness (QED) is 0.269. The van der Waals surface area contributed by atoms with Crippen LogP contribution in [0.3, 0.4) is 0 Å². The van der Waals surface area contributed by atoms with Gasteiger partial charge in [0, 0.05) is 28.9 Å². The highest BCUT2D eigenvalue weighted by Crippen LogP contribution is 2.51. The number of allylic oxidation sites excluding steroid dienone is 1. The summed E-state index contributed by atoms with van der Waals surface area (Å²) in [4.78, 5) is 30.0. The van der Waals surface area contributed by atoms with Crippen LogP contribution in [0.2, 0.25) is 0 Å². The Morgan fingerprint density at radius 1 is 1.31 bits per heavy atom. The summed E-state index contributed by atoms with van der Waals surface area (Å²) in [6, 6.07) is 11.8. The number of pyridine rings is 1. The Morgan fingerprint density at radius 2 is 2.06 bits per heavy atom. The predicted octanol–water partition coefficient (Wildman–Crippen LogP) is 3.59. The lowest BCUT2D eigenvalue weighted by molar-refractivity contribution is -0.384. The van der Waals surface area contributed by atoms with E-state index < -0.39 is 16.9 Å². The molecular formula is C22H21N3O5S2. The lowest BCUT2D eigenvalue weighted by Gasteiger charge is -2.44. The summed E-state index contributed by atoms with van der Waals surface area (Å²) in [5.74, 6) is -0.638. The van der Waals surface area contributed by atoms with Gasteiger partial charge in [0.1, 0.15) is 17.7 Å². The van der Waals surface area contributed by atoms with Gasteiger partial charge in [-0.3, -0.25) is 24.8 Å². The molecule has 2 aliphatic rings. The van der Waals surface area contributed by atoms with E-state index in [2.05, 4.69) is 4.98 Å². The molecule has 0 unspecified atom stereocenters. The van der Waals surface area contributed by atoms with E-state index in [0.29, 0.717) is 18.5 Å². The Kier molecular flexibility index (Phi) is 6.54. The lowest BCUT2D eigenvalue weighted by atomic mass is 9.92. The summed E-state index contributed by atoms with van der Waals surface area (Å²) in [5, 5.41) is 20.8. The van der Waals surface area contributed by atoms with Crippen molar-refractivity contribution in [1.82, 2.24) is 9.88 Å². The Morgan fingerprint density at radius 3 is 2.69 bits per heavy atom. The normalized spacial score (nSPS) is 20.6. The maximum absolute atomic E-state index is 12.7. The number of carbonyl (C=O) groups excluding carboxylic acids is 1. The van der Waals surface area contributed by atoms with Gasteiger partial charge in [0.15, 0.2) is 0 Å². The number of nitrogens with zero attached hydrogens (tertiary/aromatic N) is 3. The zero-order valence-electron chi connectivity index (χ0n) is 17.2. The maximum Gasteiger partial charge on any atom is 0.269 e. The van der Waals surface area contributed by atoms with Crippen LogP contribution in [-0.2, 0) is 22.6 Å². The van der Waals surface area contributed by atoms with Gasteiger partial charge in [-0.15, -0.1) is 11.8 Å². The molecule has 2 aromatic rings. The molecule has 3 heterocycles. The minimum Gasteiger partial charge on any atom is -0.477 e. The molecule has 0 saturated carbocycles. The van der Waals surface area contributed by atoms with E-state index >= 15 is 0 Å². The molecule has 0 bridgehead atoms. The first-order valence-electron chi connectivity index (χ1n) is 10.1. The number of non-ortho nitro benzene ring substituents is 1. The van der Waals surface area contributed by atoms with Crippen molar-refractivity contribution in [2.45, 2.75) is 37.9 Å². The number of rotatable bonds is 8. The Bertz CT molecular complexity index is 1070. The molecule has 8 nitrogen and oxygen atoms in total. The lowest BCUT2D eigenvalue weighted by Crippen LogP contribution is -2.60. The smallest absolute Gasteiger partial charge is 0.269 e. The molecule has 166 valence electrons. The number of β-lactam (4-membered cyclic amide) rings is 1. The molecule has 0 spiro atoms. The number of ether oxygens (including phenoxy) is 1. The minimum atomic E-state index is -0.748. The van der Waals surface area contributed by atoms with Gasteiger partial charge in [-0.25, -0.2) is 0 Å². The minimum absolute atomic E-state index is 0.00113. The van der Waals surface area contributed by atoms with Crippen molar-refractivity contribution in [3.8, 4) is 0 Å². The summed E-state index contributed by atoms with van der Waals surface area (Å²) in [6.45, 7) is 1.75. The molecule has 10 heteroatoms. The number of amides is 1. The highest BCUT2D eigenvalue weighted by molar-refractivity contribution is 8.04. The highest BCUT2D eigenvalue weighted by Gasteiger charge is 2.56. The van der Waals surface area contributed by atoms with Gasteiger partial charge in [0.2, 0.25) is 11.0 Å². The second kappa shape index (κ2) is 9.35. The average Bonchev–Trinajstić information content (AvgIpc) is 3.10. The first-order chi connectivity index (χ1) is 15.4. The van der Waals surface area contributed by atoms with Gasteiger partial charge in [0.05, 0.1) is 16.9 Å². The van der Waals surface area contributed by atoms with Crippen molar-refractivity contribution in [2.24, 2.45) is 5.92 Å². The second-order valence-electron chi connectivity index (χ2n) is 7.58. The molecule has 1 amide bonds. The first kappa shape index (κ1) is 22.4. The fourth-order valence-corrected chi connectivity index (χ4v) is 5.70. The third kappa shape index (κ3) is 4.38. The number of aliphatic hydroxyl groups is 1. The van der Waals surface area contributed by atoms with E-state index in [1.165, 1.54) is 23.9 Å². The molecule has 0 radical (unpaired) electrons. The van der Waals surface area contributed by atoms with E-state index in [-0.39, 0.29) is 28.6 Å². The first-order valence-corrected chi connectivity index (χ1v) is 11.4. The van der Waals surface area contributed by atoms with Gasteiger partial charge >= 0.3 is 0 Å². The van der Waals surface area contributed by atoms with Crippen molar-refractivity contribution < 1.29 is 19.6 Å². The average molecular weight is 472 g/mol. The standard InChI is InChI=1S/C22H21N3O5S2/c1-13(26)18-20(27)24-19(17(32-21(18)24)10-7-15-4-2-3-11-23-15)22(31)30-12-14-5-8-16(9-6-14)25(28)29/h2-6,8-9,11,13,18,21,26H,7,10,12H2,1H3/t13-,18+,21+/m0/s1. The summed E-state index contributed by atoms with van der Waals surface area (Å²) in [7, 11) is 0. The number of aromatic nitrogens is 1. The Balaban J connectivity index is 1.50. The largest absolute Gasteiger partial charge is 0.477 e. The number of nitro benzene ring substituents is 1. The van der Waals surface area contributed by atoms with Gasteiger partial charge in [0.25, 0.3) is 5.69 Å². The maximum atomic E-state index is 12.7. The zero-order valence-corrected chi connectivity index (χ0v) is 18.8. The molecule has 1 aromatic carbocycles. The third-order valence-electron chi connectivity index (χ3n) is 5.42. The number of hydrogen-bond acceptors (Lipinski definition) is 8. The SMILES string of the molecule is C[C@H](O)[C@@H]1C(=O)N2C(C(=S)OCc3ccc([N+](=O)[O-])cc3)=C(CCc3ccccn3)S[C@H]12. The molecule has 0 aliphatic carbocycles. The molecule has 1 fully saturated rings. The summed E-state index contributed by atoms with van der Waals surface area (Å²) < 4.78 is 5.81. The molecule has 2 aliphatic heterocycles. The third-order valence-corrected chi connectivity index (χ3v) is 7.16. The summed E-state index contributed by atoms with van der Waals surface area (Å²) >= 11 is 7.07. The van der Waals surface area contributed by atoms with E-state index in [9.17, 15) is 20.0 Å². The van der Waals surface area contributed by atoms with E-state index in [0.717, 1.165) is 16.2 Å². The number of aryl methyl sites for hydroxylation is 1. The predicted molar refractivity (Wildman–Crippen MR) is 123 cm³/mol. The van der Waals surface area contributed by atoms with Crippen molar-refractivity contribution in [1.29, 1.82) is 0 Å². The van der Waals surface area contributed by atoms with Crippen molar-refractivity contribution in [3.63, 3.8) is 0 Å². The topological polar surface area (TPSA) is 106 Å². The van der Waals surface area contributed by atoms with Crippen LogP contribution in [-0.4, -0.2) is 42.3 Å². The zero-order chi connectivity index (χ0) is 22.8. The molecule has 4 rings (SSSR count). The number of aliphatic hydroxyl groups excluding tert-OH is 1. The fourth-order valence-electron chi connectivity index (χ4n) is 3.74. The van der Waals surface area contributed by atoms with E-state index in [4.69, 9.17) is 17.0 Å². The number of fused-ring (bicyclic) bond motifs is 1. The molecule has 1 saturated heterocycles.